The van der Waals surface area contributed by atoms with Crippen LogP contribution in [0.4, 0.5) is 0 Å². The topological polar surface area (TPSA) is 84.3 Å². The molecule has 0 radical (unpaired) electrons. The Labute approximate surface area is 136 Å². The highest BCUT2D eigenvalue weighted by Crippen LogP contribution is 2.19. The molecule has 0 aromatic carbocycles. The van der Waals surface area contributed by atoms with E-state index in [0.717, 1.165) is 10.5 Å². The summed E-state index contributed by atoms with van der Waals surface area (Å²) in [6.07, 6.45) is 3.90. The molecule has 1 saturated heterocycles. The van der Waals surface area contributed by atoms with Crippen molar-refractivity contribution < 1.29 is 14.4 Å². The molecule has 1 N–H and O–H groups in total. The minimum absolute atomic E-state index is 0.120. The van der Waals surface area contributed by atoms with Gasteiger partial charge in [0.1, 0.15) is 6.54 Å². The average Bonchev–Trinajstić information content (AvgIpc) is 3.27. The molecule has 3 amide bonds. The molecule has 1 aliphatic heterocycles. The lowest BCUT2D eigenvalue weighted by Gasteiger charge is -2.19. The molecule has 23 heavy (non-hydrogen) atoms. The zero-order valence-electron chi connectivity index (χ0n) is 12.3. The van der Waals surface area contributed by atoms with E-state index < -0.39 is 0 Å². The molecule has 8 heteroatoms. The van der Waals surface area contributed by atoms with Gasteiger partial charge in [0.05, 0.1) is 6.04 Å². The van der Waals surface area contributed by atoms with Crippen LogP contribution in [0.25, 0.3) is 0 Å². The fourth-order valence-electron chi connectivity index (χ4n) is 2.50. The van der Waals surface area contributed by atoms with Crippen LogP contribution >= 0.6 is 11.3 Å². The first kappa shape index (κ1) is 15.4. The zero-order chi connectivity index (χ0) is 16.2. The number of nitrogens with one attached hydrogen (secondary N) is 1. The number of carbonyl (C=O) groups is 3. The molecule has 1 atom stereocenters. The number of amides is 3. The van der Waals surface area contributed by atoms with Crippen LogP contribution in [0.3, 0.4) is 0 Å². The van der Waals surface area contributed by atoms with E-state index in [-0.39, 0.29) is 43.1 Å². The lowest BCUT2D eigenvalue weighted by molar-refractivity contribution is -0.142. The molecular formula is C15H16N4O3S. The van der Waals surface area contributed by atoms with Gasteiger partial charge in [-0.1, -0.05) is 0 Å². The zero-order valence-corrected chi connectivity index (χ0v) is 13.2. The molecule has 2 aromatic heterocycles. The summed E-state index contributed by atoms with van der Waals surface area (Å²) in [7, 11) is 0. The predicted molar refractivity (Wildman–Crippen MR) is 83.6 cm³/mol. The summed E-state index contributed by atoms with van der Waals surface area (Å²) in [5, 5.41) is 11.0. The van der Waals surface area contributed by atoms with E-state index in [1.165, 1.54) is 0 Å². The Bertz CT molecular complexity index is 646. The Morgan fingerprint density at radius 1 is 1.35 bits per heavy atom. The van der Waals surface area contributed by atoms with Gasteiger partial charge in [0, 0.05) is 31.8 Å². The third kappa shape index (κ3) is 3.48. The molecule has 0 spiro atoms. The maximum absolute atomic E-state index is 12.0. The summed E-state index contributed by atoms with van der Waals surface area (Å²) < 4.78 is 1.77. The van der Waals surface area contributed by atoms with Crippen molar-refractivity contribution in [2.24, 2.45) is 0 Å². The molecule has 0 unspecified atom stereocenters. The van der Waals surface area contributed by atoms with E-state index in [9.17, 15) is 14.4 Å². The highest BCUT2D eigenvalue weighted by molar-refractivity contribution is 7.07. The van der Waals surface area contributed by atoms with Crippen LogP contribution in [0, 0.1) is 0 Å². The number of imide groups is 1. The van der Waals surface area contributed by atoms with Crippen molar-refractivity contribution in [1.29, 1.82) is 0 Å². The maximum Gasteiger partial charge on any atom is 0.240 e. The fourth-order valence-corrected chi connectivity index (χ4v) is 3.21. The highest BCUT2D eigenvalue weighted by atomic mass is 32.1. The number of aromatic nitrogens is 2. The molecule has 7 nitrogen and oxygen atoms in total. The van der Waals surface area contributed by atoms with Crippen LogP contribution in [0.5, 0.6) is 0 Å². The van der Waals surface area contributed by atoms with Crippen LogP contribution in [0.2, 0.25) is 0 Å². The first-order valence-corrected chi connectivity index (χ1v) is 8.20. The molecule has 0 bridgehead atoms. The second-order valence-corrected chi connectivity index (χ2v) is 6.02. The summed E-state index contributed by atoms with van der Waals surface area (Å²) >= 11 is 1.57. The second-order valence-electron chi connectivity index (χ2n) is 5.24. The summed E-state index contributed by atoms with van der Waals surface area (Å²) in [6.45, 7) is 0.126. The van der Waals surface area contributed by atoms with Crippen molar-refractivity contribution >= 4 is 29.1 Å². The van der Waals surface area contributed by atoms with Crippen molar-refractivity contribution in [2.75, 3.05) is 13.1 Å². The minimum atomic E-state index is -0.346. The third-order valence-electron chi connectivity index (χ3n) is 3.72. The van der Waals surface area contributed by atoms with Crippen LogP contribution in [-0.4, -0.2) is 45.5 Å². The van der Waals surface area contributed by atoms with E-state index in [1.807, 2.05) is 29.1 Å². The number of hydrogen-bond acceptors (Lipinski definition) is 5. The van der Waals surface area contributed by atoms with E-state index in [2.05, 4.69) is 10.4 Å². The predicted octanol–water partition coefficient (Wildman–Crippen LogP) is 0.799. The smallest absolute Gasteiger partial charge is 0.240 e. The molecule has 3 heterocycles. The van der Waals surface area contributed by atoms with Crippen molar-refractivity contribution in [3.63, 3.8) is 0 Å². The Balaban J connectivity index is 1.62. The molecule has 3 rings (SSSR count). The molecule has 0 aliphatic carbocycles. The van der Waals surface area contributed by atoms with E-state index in [4.69, 9.17) is 0 Å². The molecule has 1 fully saturated rings. The Morgan fingerprint density at radius 3 is 2.74 bits per heavy atom. The van der Waals surface area contributed by atoms with Crippen LogP contribution in [0.15, 0.2) is 35.3 Å². The third-order valence-corrected chi connectivity index (χ3v) is 4.42. The second kappa shape index (κ2) is 6.74. The van der Waals surface area contributed by atoms with Gasteiger partial charge in [0.25, 0.3) is 0 Å². The summed E-state index contributed by atoms with van der Waals surface area (Å²) in [6, 6.07) is 3.68. The normalized spacial score (nSPS) is 15.9. The lowest BCUT2D eigenvalue weighted by atomic mass is 10.1. The fraction of sp³-hybridized carbons (Fsp3) is 0.333. The van der Waals surface area contributed by atoms with Gasteiger partial charge >= 0.3 is 0 Å². The van der Waals surface area contributed by atoms with E-state index in [0.29, 0.717) is 6.54 Å². The van der Waals surface area contributed by atoms with Crippen molar-refractivity contribution in [1.82, 2.24) is 20.0 Å². The summed E-state index contributed by atoms with van der Waals surface area (Å²) in [5.74, 6) is -0.917. The monoisotopic (exact) mass is 332 g/mol. The van der Waals surface area contributed by atoms with Crippen molar-refractivity contribution in [2.45, 2.75) is 18.9 Å². The quantitative estimate of drug-likeness (QED) is 0.793. The van der Waals surface area contributed by atoms with Gasteiger partial charge in [-0.3, -0.25) is 24.0 Å². The van der Waals surface area contributed by atoms with Crippen LogP contribution in [-0.2, 0) is 14.4 Å². The maximum atomic E-state index is 12.0. The van der Waals surface area contributed by atoms with Crippen molar-refractivity contribution in [3.8, 4) is 0 Å². The molecule has 1 aliphatic rings. The number of thiophene rings is 1. The van der Waals surface area contributed by atoms with Gasteiger partial charge in [-0.05, 0) is 28.5 Å². The largest absolute Gasteiger partial charge is 0.352 e. The first-order chi connectivity index (χ1) is 11.1. The van der Waals surface area contributed by atoms with Gasteiger partial charge in [0.15, 0.2) is 0 Å². The summed E-state index contributed by atoms with van der Waals surface area (Å²) in [5.41, 5.74) is 1.05. The highest BCUT2D eigenvalue weighted by Gasteiger charge is 2.30. The van der Waals surface area contributed by atoms with Gasteiger partial charge < -0.3 is 5.32 Å². The minimum Gasteiger partial charge on any atom is -0.352 e. The Morgan fingerprint density at radius 2 is 2.13 bits per heavy atom. The SMILES string of the molecule is O=C(CN1C(=O)CCC1=O)NC[C@@H](c1ccsc1)n1cccn1. The first-order valence-electron chi connectivity index (χ1n) is 7.26. The van der Waals surface area contributed by atoms with Crippen molar-refractivity contribution in [3.05, 3.63) is 40.8 Å². The lowest BCUT2D eigenvalue weighted by Crippen LogP contribution is -2.41. The number of hydrogen-bond donors (Lipinski definition) is 1. The number of rotatable bonds is 6. The van der Waals surface area contributed by atoms with Gasteiger partial charge in [-0.25, -0.2) is 0 Å². The number of nitrogens with zero attached hydrogens (tertiary/aromatic N) is 3. The van der Waals surface area contributed by atoms with Crippen LogP contribution < -0.4 is 5.32 Å². The Kier molecular flexibility index (Phi) is 4.52. The molecule has 0 saturated carbocycles. The van der Waals surface area contributed by atoms with Gasteiger partial charge in [-0.2, -0.15) is 16.4 Å². The van der Waals surface area contributed by atoms with Gasteiger partial charge in [0.2, 0.25) is 17.7 Å². The average molecular weight is 332 g/mol. The molecule has 120 valence electrons. The number of carbonyl (C=O) groups excluding carboxylic acids is 3. The van der Waals surface area contributed by atoms with Crippen LogP contribution in [0.1, 0.15) is 24.4 Å². The van der Waals surface area contributed by atoms with Gasteiger partial charge in [-0.15, -0.1) is 0 Å². The standard InChI is InChI=1S/C15H16N4O3S/c20-13(9-18-14(21)2-3-15(18)22)16-8-12(11-4-7-23-10-11)19-6-1-5-17-19/h1,4-7,10,12H,2-3,8-9H2,(H,16,20)/t12-/m0/s1. The number of likely N-dealkylation sites (tertiary alicyclic amines) is 1. The van der Waals surface area contributed by atoms with E-state index >= 15 is 0 Å². The summed E-state index contributed by atoms with van der Waals surface area (Å²) in [4.78, 5) is 36.2. The van der Waals surface area contributed by atoms with E-state index in [1.54, 1.807) is 22.2 Å². The molecular weight excluding hydrogens is 316 g/mol. The molecule has 2 aromatic rings. The Hall–Kier alpha value is -2.48.